The average molecular weight is 193 g/mol. The fourth-order valence-corrected chi connectivity index (χ4v) is 1.10. The second-order valence-electron chi connectivity index (χ2n) is 4.17. The zero-order chi connectivity index (χ0) is 10.8. The van der Waals surface area contributed by atoms with Gasteiger partial charge in [-0.15, -0.1) is 0 Å². The monoisotopic (exact) mass is 193 g/mol. The van der Waals surface area contributed by atoms with Gasteiger partial charge in [-0.05, 0) is 6.07 Å². The molecule has 0 bridgehead atoms. The van der Waals surface area contributed by atoms with E-state index in [2.05, 4.69) is 4.98 Å². The molecule has 0 aliphatic carbocycles. The minimum Gasteiger partial charge on any atom is -0.481 e. The van der Waals surface area contributed by atoms with Crippen molar-refractivity contribution in [1.82, 2.24) is 4.98 Å². The van der Waals surface area contributed by atoms with Crippen LogP contribution in [0.25, 0.3) is 0 Å². The Bertz CT molecular complexity index is 339. The molecule has 0 aromatic carbocycles. The molecule has 0 atom stereocenters. The van der Waals surface area contributed by atoms with Gasteiger partial charge < -0.3 is 4.74 Å². The predicted molar refractivity (Wildman–Crippen MR) is 54.6 cm³/mol. The molecule has 0 unspecified atom stereocenters. The summed E-state index contributed by atoms with van der Waals surface area (Å²) < 4.78 is 4.95. The van der Waals surface area contributed by atoms with Gasteiger partial charge in [0.2, 0.25) is 5.88 Å². The maximum absolute atomic E-state index is 11.9. The van der Waals surface area contributed by atoms with Crippen LogP contribution in [0.3, 0.4) is 0 Å². The van der Waals surface area contributed by atoms with Crippen molar-refractivity contribution in [2.75, 3.05) is 7.11 Å². The Kier molecular flexibility index (Phi) is 2.89. The first-order chi connectivity index (χ1) is 6.45. The minimum absolute atomic E-state index is 0.0956. The van der Waals surface area contributed by atoms with Crippen LogP contribution < -0.4 is 4.74 Å². The molecule has 0 aliphatic heterocycles. The number of carbonyl (C=O) groups is 1. The van der Waals surface area contributed by atoms with Crippen molar-refractivity contribution in [3.63, 3.8) is 0 Å². The zero-order valence-electron chi connectivity index (χ0n) is 9.00. The molecule has 0 amide bonds. The lowest BCUT2D eigenvalue weighted by atomic mass is 9.87. The number of pyridine rings is 1. The third kappa shape index (κ3) is 2.31. The maximum atomic E-state index is 11.9. The predicted octanol–water partition coefficient (Wildman–Crippen LogP) is 2.32. The molecular weight excluding hydrogens is 178 g/mol. The van der Waals surface area contributed by atoms with E-state index in [0.29, 0.717) is 11.4 Å². The fraction of sp³-hybridized carbons (Fsp3) is 0.455. The Morgan fingerprint density at radius 2 is 2.07 bits per heavy atom. The number of nitrogens with zero attached hydrogens (tertiary/aromatic N) is 1. The number of ether oxygens (including phenoxy) is 1. The highest BCUT2D eigenvalue weighted by atomic mass is 16.5. The topological polar surface area (TPSA) is 39.2 Å². The third-order valence-corrected chi connectivity index (χ3v) is 1.89. The van der Waals surface area contributed by atoms with Gasteiger partial charge in [0, 0.05) is 23.2 Å². The number of aromatic nitrogens is 1. The van der Waals surface area contributed by atoms with Crippen LogP contribution in [-0.4, -0.2) is 17.9 Å². The Morgan fingerprint density at radius 3 is 2.57 bits per heavy atom. The molecule has 0 fully saturated rings. The third-order valence-electron chi connectivity index (χ3n) is 1.89. The number of hydrogen-bond acceptors (Lipinski definition) is 3. The largest absolute Gasteiger partial charge is 0.481 e. The number of rotatable bonds is 2. The normalized spacial score (nSPS) is 11.1. The lowest BCUT2D eigenvalue weighted by molar-refractivity contribution is 0.0858. The van der Waals surface area contributed by atoms with Crippen LogP contribution in [0.4, 0.5) is 0 Å². The summed E-state index contributed by atoms with van der Waals surface area (Å²) >= 11 is 0. The Labute approximate surface area is 84.1 Å². The summed E-state index contributed by atoms with van der Waals surface area (Å²) in [5.74, 6) is 0.568. The van der Waals surface area contributed by atoms with E-state index < -0.39 is 0 Å². The van der Waals surface area contributed by atoms with Gasteiger partial charge >= 0.3 is 0 Å². The molecule has 1 aromatic heterocycles. The zero-order valence-corrected chi connectivity index (χ0v) is 9.00. The standard InChI is InChI=1S/C11H15NO2/c1-11(2,3)10(13)8-5-6-12-9(7-8)14-4/h5-7H,1-4H3. The molecule has 0 N–H and O–H groups in total. The van der Waals surface area contributed by atoms with Gasteiger partial charge in [0.15, 0.2) is 5.78 Å². The molecule has 0 saturated carbocycles. The lowest BCUT2D eigenvalue weighted by Gasteiger charge is -2.16. The number of methoxy groups -OCH3 is 1. The highest BCUT2D eigenvalue weighted by molar-refractivity contribution is 5.99. The summed E-state index contributed by atoms with van der Waals surface area (Å²) in [5.41, 5.74) is 0.274. The van der Waals surface area contributed by atoms with Crippen molar-refractivity contribution in [3.8, 4) is 5.88 Å². The van der Waals surface area contributed by atoms with Crippen molar-refractivity contribution in [3.05, 3.63) is 23.9 Å². The molecule has 1 heterocycles. The van der Waals surface area contributed by atoms with Gasteiger partial charge in [-0.3, -0.25) is 4.79 Å². The van der Waals surface area contributed by atoms with E-state index >= 15 is 0 Å². The Morgan fingerprint density at radius 1 is 1.43 bits per heavy atom. The second-order valence-corrected chi connectivity index (χ2v) is 4.17. The molecule has 0 radical (unpaired) electrons. The van der Waals surface area contributed by atoms with Crippen molar-refractivity contribution in [2.45, 2.75) is 20.8 Å². The van der Waals surface area contributed by atoms with Crippen LogP contribution >= 0.6 is 0 Å². The van der Waals surface area contributed by atoms with Gasteiger partial charge in [0.05, 0.1) is 7.11 Å². The van der Waals surface area contributed by atoms with Crippen LogP contribution in [0.5, 0.6) is 5.88 Å². The number of Topliss-reactive ketones (excluding diaryl/α,β-unsaturated/α-hetero) is 1. The smallest absolute Gasteiger partial charge is 0.213 e. The summed E-state index contributed by atoms with van der Waals surface area (Å²) in [6, 6.07) is 3.36. The second kappa shape index (κ2) is 3.78. The van der Waals surface area contributed by atoms with Crippen molar-refractivity contribution < 1.29 is 9.53 Å². The number of ketones is 1. The summed E-state index contributed by atoms with van der Waals surface area (Å²) in [6.07, 6.45) is 1.58. The molecule has 76 valence electrons. The number of hydrogen-bond donors (Lipinski definition) is 0. The van der Waals surface area contributed by atoms with Crippen LogP contribution in [0.1, 0.15) is 31.1 Å². The summed E-state index contributed by atoms with van der Waals surface area (Å²) in [4.78, 5) is 15.8. The summed E-state index contributed by atoms with van der Waals surface area (Å²) in [6.45, 7) is 5.67. The van der Waals surface area contributed by atoms with Crippen LogP contribution in [-0.2, 0) is 0 Å². The highest BCUT2D eigenvalue weighted by Gasteiger charge is 2.23. The van der Waals surface area contributed by atoms with Gasteiger partial charge in [0.25, 0.3) is 0 Å². The Hall–Kier alpha value is -1.38. The van der Waals surface area contributed by atoms with E-state index in [1.165, 1.54) is 7.11 Å². The van der Waals surface area contributed by atoms with Gasteiger partial charge in [-0.1, -0.05) is 20.8 Å². The molecular formula is C11H15NO2. The van der Waals surface area contributed by atoms with Crippen LogP contribution in [0.15, 0.2) is 18.3 Å². The Balaban J connectivity index is 3.02. The molecule has 3 heteroatoms. The van der Waals surface area contributed by atoms with E-state index in [-0.39, 0.29) is 11.2 Å². The van der Waals surface area contributed by atoms with Gasteiger partial charge in [0.1, 0.15) is 0 Å². The first kappa shape index (κ1) is 10.7. The maximum Gasteiger partial charge on any atom is 0.213 e. The summed E-state index contributed by atoms with van der Waals surface area (Å²) in [5, 5.41) is 0. The SMILES string of the molecule is COc1cc(C(=O)C(C)(C)C)ccn1. The minimum atomic E-state index is -0.369. The lowest BCUT2D eigenvalue weighted by Crippen LogP contribution is -2.20. The molecule has 0 saturated heterocycles. The molecule has 0 spiro atoms. The van der Waals surface area contributed by atoms with Gasteiger partial charge in [-0.2, -0.15) is 0 Å². The van der Waals surface area contributed by atoms with E-state index in [1.54, 1.807) is 18.3 Å². The number of carbonyl (C=O) groups excluding carboxylic acids is 1. The summed E-state index contributed by atoms with van der Waals surface area (Å²) in [7, 11) is 1.54. The first-order valence-electron chi connectivity index (χ1n) is 4.50. The quantitative estimate of drug-likeness (QED) is 0.676. The molecule has 14 heavy (non-hydrogen) atoms. The van der Waals surface area contributed by atoms with Crippen LogP contribution in [0.2, 0.25) is 0 Å². The molecule has 0 aliphatic rings. The highest BCUT2D eigenvalue weighted by Crippen LogP contribution is 2.21. The van der Waals surface area contributed by atoms with E-state index in [4.69, 9.17) is 4.74 Å². The molecule has 1 rings (SSSR count). The van der Waals surface area contributed by atoms with E-state index in [1.807, 2.05) is 20.8 Å². The first-order valence-corrected chi connectivity index (χ1v) is 4.50. The van der Waals surface area contributed by atoms with E-state index in [9.17, 15) is 4.79 Å². The van der Waals surface area contributed by atoms with Crippen molar-refractivity contribution in [1.29, 1.82) is 0 Å². The molecule has 3 nitrogen and oxygen atoms in total. The fourth-order valence-electron chi connectivity index (χ4n) is 1.10. The van der Waals surface area contributed by atoms with Crippen molar-refractivity contribution in [2.24, 2.45) is 5.41 Å². The van der Waals surface area contributed by atoms with Gasteiger partial charge in [-0.25, -0.2) is 4.98 Å². The van der Waals surface area contributed by atoms with Crippen molar-refractivity contribution >= 4 is 5.78 Å². The van der Waals surface area contributed by atoms with Crippen LogP contribution in [0, 0.1) is 5.41 Å². The average Bonchev–Trinajstić information content (AvgIpc) is 2.15. The van der Waals surface area contributed by atoms with E-state index in [0.717, 1.165) is 0 Å². The molecule has 1 aromatic rings.